The van der Waals surface area contributed by atoms with Crippen LogP contribution in [0.3, 0.4) is 0 Å². The lowest BCUT2D eigenvalue weighted by molar-refractivity contribution is 0.414. The number of rotatable bonds is 4. The van der Waals surface area contributed by atoms with Crippen molar-refractivity contribution >= 4 is 0 Å². The molecule has 0 saturated carbocycles. The van der Waals surface area contributed by atoms with Gasteiger partial charge in [0.05, 0.1) is 14.2 Å². The summed E-state index contributed by atoms with van der Waals surface area (Å²) in [7, 11) is 3.46. The Kier molecular flexibility index (Phi) is 4.48. The first-order valence-corrected chi connectivity index (χ1v) is 12.0. The van der Waals surface area contributed by atoms with E-state index in [1.54, 1.807) is 14.2 Å². The predicted molar refractivity (Wildman–Crippen MR) is 139 cm³/mol. The van der Waals surface area contributed by atoms with Gasteiger partial charge in [-0.25, -0.2) is 0 Å². The van der Waals surface area contributed by atoms with Gasteiger partial charge in [-0.3, -0.25) is 0 Å². The molecule has 2 aliphatic rings. The lowest BCUT2D eigenvalue weighted by atomic mass is 9.73. The maximum absolute atomic E-state index is 5.59. The fourth-order valence-electron chi connectivity index (χ4n) is 6.40. The second-order valence-electron chi connectivity index (χ2n) is 10.3. The molecule has 0 spiro atoms. The number of benzene rings is 4. The van der Waals surface area contributed by atoms with Crippen molar-refractivity contribution in [3.8, 4) is 33.8 Å². The zero-order chi connectivity index (χ0) is 23.7. The summed E-state index contributed by atoms with van der Waals surface area (Å²) in [6.45, 7) is 7.09. The molecule has 4 aromatic rings. The molecule has 2 nitrogen and oxygen atoms in total. The highest BCUT2D eigenvalue weighted by Gasteiger charge is 2.42. The molecule has 0 bridgehead atoms. The van der Waals surface area contributed by atoms with Crippen molar-refractivity contribution in [1.29, 1.82) is 0 Å². The first kappa shape index (κ1) is 21.0. The highest BCUT2D eigenvalue weighted by Crippen LogP contribution is 2.55. The van der Waals surface area contributed by atoms with Crippen LogP contribution in [0.2, 0.25) is 0 Å². The van der Waals surface area contributed by atoms with E-state index in [0.717, 1.165) is 17.9 Å². The molecule has 2 aliphatic carbocycles. The Morgan fingerprint density at radius 2 is 1.18 bits per heavy atom. The Morgan fingerprint density at radius 1 is 0.588 bits per heavy atom. The lowest BCUT2D eigenvalue weighted by Crippen LogP contribution is -2.24. The van der Waals surface area contributed by atoms with Gasteiger partial charge in [0.25, 0.3) is 0 Å². The van der Waals surface area contributed by atoms with Crippen LogP contribution in [0.15, 0.2) is 78.9 Å². The van der Waals surface area contributed by atoms with Gasteiger partial charge in [0.2, 0.25) is 0 Å². The molecule has 0 amide bonds. The van der Waals surface area contributed by atoms with E-state index < -0.39 is 0 Å². The molecule has 0 N–H and O–H groups in total. The summed E-state index contributed by atoms with van der Waals surface area (Å²) in [6.07, 6.45) is 0.930. The van der Waals surface area contributed by atoms with Crippen molar-refractivity contribution < 1.29 is 9.47 Å². The topological polar surface area (TPSA) is 18.5 Å². The van der Waals surface area contributed by atoms with Crippen molar-refractivity contribution in [3.63, 3.8) is 0 Å². The van der Waals surface area contributed by atoms with Crippen molar-refractivity contribution in [2.75, 3.05) is 14.2 Å². The summed E-state index contributed by atoms with van der Waals surface area (Å²) in [5, 5.41) is 0. The Balaban J connectivity index is 1.56. The molecule has 0 aromatic heterocycles. The monoisotopic (exact) mass is 446 g/mol. The van der Waals surface area contributed by atoms with E-state index in [0.29, 0.717) is 0 Å². The predicted octanol–water partition coefficient (Wildman–Crippen LogP) is 7.54. The molecular formula is C32H30O2. The number of methoxy groups -OCH3 is 2. The number of fused-ring (bicyclic) bond motifs is 6. The minimum Gasteiger partial charge on any atom is -0.497 e. The van der Waals surface area contributed by atoms with Crippen LogP contribution in [-0.4, -0.2) is 14.2 Å². The summed E-state index contributed by atoms with van der Waals surface area (Å²) < 4.78 is 11.2. The Labute approximate surface area is 202 Å². The van der Waals surface area contributed by atoms with E-state index in [2.05, 4.69) is 99.6 Å². The van der Waals surface area contributed by atoms with E-state index >= 15 is 0 Å². The number of hydrogen-bond acceptors (Lipinski definition) is 2. The van der Waals surface area contributed by atoms with Gasteiger partial charge in [-0.15, -0.1) is 0 Å². The van der Waals surface area contributed by atoms with E-state index in [1.165, 1.54) is 50.1 Å². The van der Waals surface area contributed by atoms with E-state index in [-0.39, 0.29) is 10.8 Å². The summed E-state index contributed by atoms with van der Waals surface area (Å²) in [5.74, 6) is 1.76. The van der Waals surface area contributed by atoms with E-state index in [4.69, 9.17) is 9.47 Å². The SMILES string of the molecule is COc1ccc2c(c1)-c1cc(OC)ccc1C2(C)Cc1cccc2c1-c1ccccc1C2(C)C. The summed E-state index contributed by atoms with van der Waals surface area (Å²) >= 11 is 0. The van der Waals surface area contributed by atoms with Crippen LogP contribution in [0.1, 0.15) is 48.6 Å². The van der Waals surface area contributed by atoms with Crippen LogP contribution < -0.4 is 9.47 Å². The largest absolute Gasteiger partial charge is 0.497 e. The highest BCUT2D eigenvalue weighted by molar-refractivity contribution is 5.86. The molecule has 4 aromatic carbocycles. The van der Waals surface area contributed by atoms with Crippen molar-refractivity contribution in [3.05, 3.63) is 107 Å². The lowest BCUT2D eigenvalue weighted by Gasteiger charge is -2.29. The molecule has 34 heavy (non-hydrogen) atoms. The van der Waals surface area contributed by atoms with Gasteiger partial charge >= 0.3 is 0 Å². The molecule has 0 atom stereocenters. The Morgan fingerprint density at radius 3 is 1.79 bits per heavy atom. The van der Waals surface area contributed by atoms with Crippen LogP contribution in [0.4, 0.5) is 0 Å². The van der Waals surface area contributed by atoms with Crippen LogP contribution in [0.25, 0.3) is 22.3 Å². The normalized spacial score (nSPS) is 15.8. The van der Waals surface area contributed by atoms with Gasteiger partial charge < -0.3 is 9.47 Å². The average Bonchev–Trinajstić information content (AvgIpc) is 3.24. The van der Waals surface area contributed by atoms with Crippen molar-refractivity contribution in [2.24, 2.45) is 0 Å². The molecule has 0 unspecified atom stereocenters. The van der Waals surface area contributed by atoms with Gasteiger partial charge in [-0.05, 0) is 80.8 Å². The second kappa shape index (κ2) is 7.24. The van der Waals surface area contributed by atoms with Gasteiger partial charge in [0.15, 0.2) is 0 Å². The van der Waals surface area contributed by atoms with E-state index in [1.807, 2.05) is 0 Å². The molecule has 0 saturated heterocycles. The zero-order valence-electron chi connectivity index (χ0n) is 20.5. The van der Waals surface area contributed by atoms with Gasteiger partial charge in [-0.1, -0.05) is 75.4 Å². The minimum atomic E-state index is -0.153. The zero-order valence-corrected chi connectivity index (χ0v) is 20.5. The Bertz CT molecular complexity index is 1390. The first-order valence-electron chi connectivity index (χ1n) is 12.0. The Hall–Kier alpha value is -3.52. The smallest absolute Gasteiger partial charge is 0.119 e. The molecule has 0 heterocycles. The molecule has 0 aliphatic heterocycles. The molecule has 0 fully saturated rings. The van der Waals surface area contributed by atoms with E-state index in [9.17, 15) is 0 Å². The maximum atomic E-state index is 5.59. The standard InChI is InChI=1S/C32H30O2/c1-31(2)26-11-7-6-10-23(26)30-20(9-8-12-29(30)31)19-32(3)27-15-13-21(33-4)17-24(27)25-18-22(34-5)14-16-28(25)32/h6-18H,19H2,1-5H3. The minimum absolute atomic E-state index is 0.00899. The molecule has 170 valence electrons. The fourth-order valence-corrected chi connectivity index (χ4v) is 6.40. The fraction of sp³-hybridized carbons (Fsp3) is 0.250. The van der Waals surface area contributed by atoms with Crippen LogP contribution >= 0.6 is 0 Å². The van der Waals surface area contributed by atoms with Gasteiger partial charge in [0.1, 0.15) is 11.5 Å². The number of ether oxygens (including phenoxy) is 2. The quantitative estimate of drug-likeness (QED) is 0.322. The van der Waals surface area contributed by atoms with Crippen LogP contribution in [-0.2, 0) is 17.3 Å². The van der Waals surface area contributed by atoms with Crippen molar-refractivity contribution in [1.82, 2.24) is 0 Å². The van der Waals surface area contributed by atoms with Crippen molar-refractivity contribution in [2.45, 2.75) is 38.0 Å². The summed E-state index contributed by atoms with van der Waals surface area (Å²) in [5.41, 5.74) is 12.1. The molecular weight excluding hydrogens is 416 g/mol. The third-order valence-corrected chi connectivity index (χ3v) is 8.17. The maximum Gasteiger partial charge on any atom is 0.119 e. The van der Waals surface area contributed by atoms with Gasteiger partial charge in [-0.2, -0.15) is 0 Å². The second-order valence-corrected chi connectivity index (χ2v) is 10.3. The molecule has 2 heteroatoms. The summed E-state index contributed by atoms with van der Waals surface area (Å²) in [6, 6.07) is 28.8. The third kappa shape index (κ3) is 2.75. The first-order chi connectivity index (χ1) is 16.4. The van der Waals surface area contributed by atoms with Gasteiger partial charge in [0, 0.05) is 10.8 Å². The highest BCUT2D eigenvalue weighted by atomic mass is 16.5. The number of hydrogen-bond donors (Lipinski definition) is 0. The summed E-state index contributed by atoms with van der Waals surface area (Å²) in [4.78, 5) is 0. The van der Waals surface area contributed by atoms with Crippen LogP contribution in [0, 0.1) is 0 Å². The third-order valence-electron chi connectivity index (χ3n) is 8.17. The van der Waals surface area contributed by atoms with Crippen LogP contribution in [0.5, 0.6) is 11.5 Å². The molecule has 0 radical (unpaired) electrons. The molecule has 6 rings (SSSR count). The average molecular weight is 447 g/mol.